The number of thioether (sulfide) groups is 1. The highest BCUT2D eigenvalue weighted by Gasteiger charge is 2.02. The van der Waals surface area contributed by atoms with Crippen molar-refractivity contribution in [1.82, 2.24) is 0 Å². The minimum Gasteiger partial charge on any atom is -0.490 e. The molecule has 0 aromatic heterocycles. The van der Waals surface area contributed by atoms with Gasteiger partial charge < -0.3 is 15.2 Å². The topological polar surface area (TPSA) is 44.5 Å². The number of para-hydroxylation sites is 2. The van der Waals surface area contributed by atoms with Gasteiger partial charge in [-0.3, -0.25) is 0 Å². The second-order valence-electron chi connectivity index (χ2n) is 3.13. The van der Waals surface area contributed by atoms with Crippen molar-refractivity contribution in [3.63, 3.8) is 0 Å². The average molecular weight is 241 g/mol. The number of hydrogen-bond acceptors (Lipinski definition) is 4. The average Bonchev–Trinajstić information content (AvgIpc) is 2.31. The summed E-state index contributed by atoms with van der Waals surface area (Å²) in [6.07, 6.45) is 0. The van der Waals surface area contributed by atoms with Crippen LogP contribution in [0.3, 0.4) is 0 Å². The van der Waals surface area contributed by atoms with Gasteiger partial charge in [0.05, 0.1) is 13.2 Å². The van der Waals surface area contributed by atoms with E-state index in [1.165, 1.54) is 0 Å². The Morgan fingerprint density at radius 2 is 1.81 bits per heavy atom. The van der Waals surface area contributed by atoms with Crippen molar-refractivity contribution < 1.29 is 9.47 Å². The standard InChI is InChI=1S/C12H19NO2S/c1-2-14-11-5-3-4-6-12(11)15-8-10-16-9-7-13/h3-6H,2,7-10,13H2,1H3. The SMILES string of the molecule is CCOc1ccccc1OCCSCCN. The van der Waals surface area contributed by atoms with Crippen LogP contribution in [0.15, 0.2) is 24.3 Å². The van der Waals surface area contributed by atoms with E-state index >= 15 is 0 Å². The van der Waals surface area contributed by atoms with Crippen LogP contribution in [0.1, 0.15) is 6.92 Å². The summed E-state index contributed by atoms with van der Waals surface area (Å²) in [6, 6.07) is 7.75. The minimum atomic E-state index is 0.655. The van der Waals surface area contributed by atoms with Gasteiger partial charge in [0.15, 0.2) is 11.5 Å². The maximum atomic E-state index is 5.65. The van der Waals surface area contributed by atoms with E-state index in [4.69, 9.17) is 15.2 Å². The van der Waals surface area contributed by atoms with Gasteiger partial charge in [0.25, 0.3) is 0 Å². The van der Waals surface area contributed by atoms with Crippen LogP contribution in [-0.4, -0.2) is 31.3 Å². The molecule has 1 rings (SSSR count). The molecule has 0 heterocycles. The third-order valence-corrected chi connectivity index (χ3v) is 2.88. The Morgan fingerprint density at radius 1 is 1.12 bits per heavy atom. The lowest BCUT2D eigenvalue weighted by Gasteiger charge is -2.11. The summed E-state index contributed by atoms with van der Waals surface area (Å²) in [4.78, 5) is 0. The highest BCUT2D eigenvalue weighted by Crippen LogP contribution is 2.26. The Balaban J connectivity index is 2.34. The molecule has 0 aliphatic carbocycles. The lowest BCUT2D eigenvalue weighted by molar-refractivity contribution is 0.289. The molecular formula is C12H19NO2S. The fourth-order valence-electron chi connectivity index (χ4n) is 1.24. The molecule has 0 spiro atoms. The molecule has 0 aliphatic rings. The number of ether oxygens (including phenoxy) is 2. The Kier molecular flexibility index (Phi) is 6.85. The van der Waals surface area contributed by atoms with Crippen molar-refractivity contribution in [3.8, 4) is 11.5 Å². The first kappa shape index (κ1) is 13.2. The maximum Gasteiger partial charge on any atom is 0.161 e. The summed E-state index contributed by atoms with van der Waals surface area (Å²) in [5.41, 5.74) is 5.40. The number of rotatable bonds is 8. The first-order chi connectivity index (χ1) is 7.88. The van der Waals surface area contributed by atoms with Crippen molar-refractivity contribution in [2.24, 2.45) is 5.73 Å². The van der Waals surface area contributed by atoms with E-state index in [9.17, 15) is 0 Å². The van der Waals surface area contributed by atoms with Crippen molar-refractivity contribution in [2.45, 2.75) is 6.92 Å². The molecule has 0 saturated heterocycles. The Hall–Kier alpha value is -0.870. The zero-order valence-corrected chi connectivity index (χ0v) is 10.5. The van der Waals surface area contributed by atoms with Crippen LogP contribution in [0.4, 0.5) is 0 Å². The van der Waals surface area contributed by atoms with E-state index in [1.807, 2.05) is 31.2 Å². The van der Waals surface area contributed by atoms with E-state index in [2.05, 4.69) is 0 Å². The molecule has 1 aromatic rings. The van der Waals surface area contributed by atoms with E-state index < -0.39 is 0 Å². The van der Waals surface area contributed by atoms with Crippen molar-refractivity contribution in [2.75, 3.05) is 31.3 Å². The monoisotopic (exact) mass is 241 g/mol. The van der Waals surface area contributed by atoms with Gasteiger partial charge in [-0.15, -0.1) is 0 Å². The van der Waals surface area contributed by atoms with Crippen LogP contribution >= 0.6 is 11.8 Å². The molecule has 0 radical (unpaired) electrons. The molecule has 0 fully saturated rings. The van der Waals surface area contributed by atoms with E-state index in [-0.39, 0.29) is 0 Å². The van der Waals surface area contributed by atoms with Crippen LogP contribution in [0.5, 0.6) is 11.5 Å². The van der Waals surface area contributed by atoms with Crippen LogP contribution in [-0.2, 0) is 0 Å². The van der Waals surface area contributed by atoms with Crippen molar-refractivity contribution >= 4 is 11.8 Å². The molecule has 0 amide bonds. The summed E-state index contributed by atoms with van der Waals surface area (Å²) in [6.45, 7) is 4.03. The Bertz CT molecular complexity index is 294. The van der Waals surface area contributed by atoms with Gasteiger partial charge in [0, 0.05) is 18.1 Å². The van der Waals surface area contributed by atoms with Gasteiger partial charge in [-0.2, -0.15) is 11.8 Å². The Morgan fingerprint density at radius 3 is 2.44 bits per heavy atom. The molecule has 0 bridgehead atoms. The van der Waals surface area contributed by atoms with Crippen molar-refractivity contribution in [1.29, 1.82) is 0 Å². The molecular weight excluding hydrogens is 222 g/mol. The first-order valence-corrected chi connectivity index (χ1v) is 6.66. The molecule has 0 atom stereocenters. The van der Waals surface area contributed by atoms with E-state index in [1.54, 1.807) is 11.8 Å². The van der Waals surface area contributed by atoms with Gasteiger partial charge in [-0.05, 0) is 19.1 Å². The number of benzene rings is 1. The van der Waals surface area contributed by atoms with Gasteiger partial charge in [0.1, 0.15) is 0 Å². The summed E-state index contributed by atoms with van der Waals surface area (Å²) in [5.74, 6) is 3.57. The first-order valence-electron chi connectivity index (χ1n) is 5.51. The normalized spacial score (nSPS) is 10.1. The third-order valence-electron chi connectivity index (χ3n) is 1.90. The molecule has 0 aliphatic heterocycles. The zero-order chi connectivity index (χ0) is 11.6. The third kappa shape index (κ3) is 4.77. The smallest absolute Gasteiger partial charge is 0.161 e. The quantitative estimate of drug-likeness (QED) is 0.708. The summed E-state index contributed by atoms with van der Waals surface area (Å²) in [7, 11) is 0. The van der Waals surface area contributed by atoms with Crippen LogP contribution < -0.4 is 15.2 Å². The fraction of sp³-hybridized carbons (Fsp3) is 0.500. The van der Waals surface area contributed by atoms with Gasteiger partial charge in [-0.1, -0.05) is 12.1 Å². The molecule has 2 N–H and O–H groups in total. The molecule has 4 heteroatoms. The minimum absolute atomic E-state index is 0.655. The number of nitrogens with two attached hydrogens (primary N) is 1. The van der Waals surface area contributed by atoms with Crippen LogP contribution in [0.25, 0.3) is 0 Å². The Labute approximate surface area is 101 Å². The van der Waals surface area contributed by atoms with E-state index in [0.29, 0.717) is 13.2 Å². The second kappa shape index (κ2) is 8.30. The zero-order valence-electron chi connectivity index (χ0n) is 9.65. The molecule has 3 nitrogen and oxygen atoms in total. The predicted molar refractivity (Wildman–Crippen MR) is 69.5 cm³/mol. The second-order valence-corrected chi connectivity index (χ2v) is 4.35. The van der Waals surface area contributed by atoms with Crippen LogP contribution in [0, 0.1) is 0 Å². The summed E-state index contributed by atoms with van der Waals surface area (Å²) >= 11 is 1.80. The summed E-state index contributed by atoms with van der Waals surface area (Å²) < 4.78 is 11.1. The highest BCUT2D eigenvalue weighted by atomic mass is 32.2. The molecule has 1 aromatic carbocycles. The van der Waals surface area contributed by atoms with Gasteiger partial charge in [0.2, 0.25) is 0 Å². The van der Waals surface area contributed by atoms with Crippen LogP contribution in [0.2, 0.25) is 0 Å². The van der Waals surface area contributed by atoms with Crippen molar-refractivity contribution in [3.05, 3.63) is 24.3 Å². The lowest BCUT2D eigenvalue weighted by Crippen LogP contribution is -2.06. The number of hydrogen-bond donors (Lipinski definition) is 1. The highest BCUT2D eigenvalue weighted by molar-refractivity contribution is 7.99. The molecule has 16 heavy (non-hydrogen) atoms. The predicted octanol–water partition coefficient (Wildman–Crippen LogP) is 2.16. The molecule has 0 saturated carbocycles. The summed E-state index contributed by atoms with van der Waals surface area (Å²) in [5, 5.41) is 0. The fourth-order valence-corrected chi connectivity index (χ4v) is 1.81. The van der Waals surface area contributed by atoms with E-state index in [0.717, 1.165) is 29.5 Å². The largest absolute Gasteiger partial charge is 0.490 e. The molecule has 0 unspecified atom stereocenters. The lowest BCUT2D eigenvalue weighted by atomic mass is 10.3. The maximum absolute atomic E-state index is 5.65. The molecule has 90 valence electrons. The van der Waals surface area contributed by atoms with Gasteiger partial charge in [-0.25, -0.2) is 0 Å². The van der Waals surface area contributed by atoms with Gasteiger partial charge >= 0.3 is 0 Å².